The molecule has 31 heavy (non-hydrogen) atoms. The maximum absolute atomic E-state index is 11.3. The fourth-order valence-electron chi connectivity index (χ4n) is 9.29. The molecule has 4 aliphatic carbocycles. The molecule has 3 saturated carbocycles. The third-order valence-electron chi connectivity index (χ3n) is 11.3. The van der Waals surface area contributed by atoms with E-state index in [-0.39, 0.29) is 17.6 Å². The van der Waals surface area contributed by atoms with Gasteiger partial charge in [-0.2, -0.15) is 0 Å². The zero-order valence-corrected chi connectivity index (χ0v) is 21.2. The first-order chi connectivity index (χ1) is 14.6. The molecule has 0 saturated heterocycles. The Morgan fingerprint density at radius 1 is 0.968 bits per heavy atom. The Morgan fingerprint density at radius 3 is 2.39 bits per heavy atom. The van der Waals surface area contributed by atoms with Crippen molar-refractivity contribution in [3.8, 4) is 0 Å². The van der Waals surface area contributed by atoms with E-state index >= 15 is 0 Å². The summed E-state index contributed by atoms with van der Waals surface area (Å²) in [7, 11) is 0. The molecule has 0 amide bonds. The molecule has 4 rings (SSSR count). The molecule has 178 valence electrons. The highest BCUT2D eigenvalue weighted by atomic mass is 16.3. The molecule has 2 heteroatoms. The SMILES string of the molecule is CCC(CC[C@@H](C)C1CCC2C3C(O)C=C4CC(O)CCC4(C)C3CCC21C)C(C)C. The Kier molecular flexibility index (Phi) is 6.75. The predicted octanol–water partition coefficient (Wildman–Crippen LogP) is 7.00. The van der Waals surface area contributed by atoms with Gasteiger partial charge in [0, 0.05) is 0 Å². The number of hydrogen-bond acceptors (Lipinski definition) is 2. The summed E-state index contributed by atoms with van der Waals surface area (Å²) in [6.45, 7) is 14.7. The van der Waals surface area contributed by atoms with Crippen LogP contribution in [0.15, 0.2) is 11.6 Å². The molecule has 0 aromatic carbocycles. The molecule has 10 atom stereocenters. The largest absolute Gasteiger partial charge is 0.393 e. The van der Waals surface area contributed by atoms with Crippen molar-refractivity contribution in [2.75, 3.05) is 0 Å². The van der Waals surface area contributed by atoms with Crippen LogP contribution in [0.4, 0.5) is 0 Å². The van der Waals surface area contributed by atoms with E-state index in [0.717, 1.165) is 42.9 Å². The summed E-state index contributed by atoms with van der Waals surface area (Å²) in [6, 6.07) is 0. The van der Waals surface area contributed by atoms with Gasteiger partial charge in [-0.3, -0.25) is 0 Å². The molecular weight excluding hydrogens is 380 g/mol. The smallest absolute Gasteiger partial charge is 0.0757 e. The zero-order valence-electron chi connectivity index (χ0n) is 21.2. The van der Waals surface area contributed by atoms with Crippen LogP contribution in [-0.2, 0) is 0 Å². The summed E-state index contributed by atoms with van der Waals surface area (Å²) in [5.41, 5.74) is 1.97. The summed E-state index contributed by atoms with van der Waals surface area (Å²) in [4.78, 5) is 0. The van der Waals surface area contributed by atoms with Crippen molar-refractivity contribution in [3.63, 3.8) is 0 Å². The average molecular weight is 431 g/mol. The van der Waals surface area contributed by atoms with Gasteiger partial charge in [0.1, 0.15) is 0 Å². The number of fused-ring (bicyclic) bond motifs is 5. The molecule has 0 bridgehead atoms. The Morgan fingerprint density at radius 2 is 1.71 bits per heavy atom. The third-order valence-corrected chi connectivity index (χ3v) is 11.3. The molecule has 3 fully saturated rings. The fourth-order valence-corrected chi connectivity index (χ4v) is 9.29. The number of hydrogen-bond donors (Lipinski definition) is 2. The predicted molar refractivity (Wildman–Crippen MR) is 130 cm³/mol. The van der Waals surface area contributed by atoms with Gasteiger partial charge in [0.25, 0.3) is 0 Å². The van der Waals surface area contributed by atoms with Crippen LogP contribution in [0.25, 0.3) is 0 Å². The highest BCUT2D eigenvalue weighted by molar-refractivity contribution is 5.27. The maximum atomic E-state index is 11.3. The van der Waals surface area contributed by atoms with Crippen molar-refractivity contribution in [2.45, 2.75) is 118 Å². The van der Waals surface area contributed by atoms with E-state index in [1.165, 1.54) is 50.5 Å². The van der Waals surface area contributed by atoms with E-state index in [0.29, 0.717) is 23.2 Å². The summed E-state index contributed by atoms with van der Waals surface area (Å²) >= 11 is 0. The van der Waals surface area contributed by atoms with Gasteiger partial charge >= 0.3 is 0 Å². The maximum Gasteiger partial charge on any atom is 0.0757 e. The normalized spacial score (nSPS) is 46.7. The van der Waals surface area contributed by atoms with E-state index in [4.69, 9.17) is 0 Å². The first kappa shape index (κ1) is 23.8. The minimum absolute atomic E-state index is 0.202. The first-order valence-electron chi connectivity index (χ1n) is 13.7. The summed E-state index contributed by atoms with van der Waals surface area (Å²) in [5.74, 6) is 4.99. The van der Waals surface area contributed by atoms with E-state index in [1.54, 1.807) is 0 Å². The van der Waals surface area contributed by atoms with Gasteiger partial charge in [-0.05, 0) is 104 Å². The van der Waals surface area contributed by atoms with Crippen LogP contribution in [0, 0.1) is 52.3 Å². The van der Waals surface area contributed by atoms with Gasteiger partial charge in [0.05, 0.1) is 12.2 Å². The van der Waals surface area contributed by atoms with Crippen LogP contribution in [0.2, 0.25) is 0 Å². The molecule has 0 aromatic heterocycles. The molecule has 9 unspecified atom stereocenters. The summed E-state index contributed by atoms with van der Waals surface area (Å²) < 4.78 is 0. The molecule has 2 N–H and O–H groups in total. The van der Waals surface area contributed by atoms with Crippen LogP contribution in [0.5, 0.6) is 0 Å². The molecular formula is C29H50O2. The van der Waals surface area contributed by atoms with E-state index in [1.807, 2.05) is 0 Å². The third kappa shape index (κ3) is 3.96. The van der Waals surface area contributed by atoms with Gasteiger partial charge in [0.2, 0.25) is 0 Å². The zero-order chi connectivity index (χ0) is 22.6. The molecule has 2 nitrogen and oxygen atoms in total. The first-order valence-corrected chi connectivity index (χ1v) is 13.7. The van der Waals surface area contributed by atoms with Crippen LogP contribution >= 0.6 is 0 Å². The second-order valence-corrected chi connectivity index (χ2v) is 13.0. The Bertz CT molecular complexity index is 668. The minimum Gasteiger partial charge on any atom is -0.393 e. The summed E-state index contributed by atoms with van der Waals surface area (Å²) in [6.07, 6.45) is 13.9. The highest BCUT2D eigenvalue weighted by Crippen LogP contribution is 2.67. The Balaban J connectivity index is 1.52. The van der Waals surface area contributed by atoms with Gasteiger partial charge in [-0.1, -0.05) is 66.0 Å². The molecule has 0 aliphatic heterocycles. The highest BCUT2D eigenvalue weighted by Gasteiger charge is 2.61. The molecule has 0 aromatic rings. The van der Waals surface area contributed by atoms with Gasteiger partial charge in [-0.15, -0.1) is 0 Å². The van der Waals surface area contributed by atoms with E-state index in [9.17, 15) is 10.2 Å². The number of rotatable bonds is 6. The van der Waals surface area contributed by atoms with Gasteiger partial charge < -0.3 is 10.2 Å². The quantitative estimate of drug-likeness (QED) is 0.446. The monoisotopic (exact) mass is 430 g/mol. The standard InChI is InChI=1S/C29H50O2/c1-7-20(18(2)3)9-8-19(4)23-10-11-24-27-25(13-15-29(23,24)6)28(5)14-12-22(30)16-21(28)17-26(27)31/h17-20,22-27,30-31H,7-16H2,1-6H3/t19-,20?,22?,23?,24?,25?,26?,27?,28?,29?/m1/s1. The lowest BCUT2D eigenvalue weighted by Gasteiger charge is -2.59. The lowest BCUT2D eigenvalue weighted by atomic mass is 9.46. The van der Waals surface area contributed by atoms with Crippen molar-refractivity contribution >= 4 is 0 Å². The van der Waals surface area contributed by atoms with Crippen LogP contribution < -0.4 is 0 Å². The van der Waals surface area contributed by atoms with E-state index < -0.39 is 0 Å². The second kappa shape index (κ2) is 8.79. The molecule has 0 radical (unpaired) electrons. The van der Waals surface area contributed by atoms with Crippen molar-refractivity contribution in [3.05, 3.63) is 11.6 Å². The average Bonchev–Trinajstić information content (AvgIpc) is 3.06. The van der Waals surface area contributed by atoms with Crippen molar-refractivity contribution in [1.82, 2.24) is 0 Å². The lowest BCUT2D eigenvalue weighted by molar-refractivity contribution is -0.0972. The van der Waals surface area contributed by atoms with Crippen molar-refractivity contribution < 1.29 is 10.2 Å². The summed E-state index contributed by atoms with van der Waals surface area (Å²) in [5, 5.41) is 21.6. The fraction of sp³-hybridized carbons (Fsp3) is 0.931. The molecule has 0 spiro atoms. The minimum atomic E-state index is -0.303. The topological polar surface area (TPSA) is 40.5 Å². The Labute approximate surface area is 192 Å². The van der Waals surface area contributed by atoms with Crippen LogP contribution in [0.1, 0.15) is 106 Å². The molecule has 4 aliphatic rings. The van der Waals surface area contributed by atoms with Gasteiger partial charge in [-0.25, -0.2) is 0 Å². The second-order valence-electron chi connectivity index (χ2n) is 13.0. The number of aliphatic hydroxyl groups is 2. The lowest BCUT2D eigenvalue weighted by Crippen LogP contribution is -2.54. The number of aliphatic hydroxyl groups excluding tert-OH is 2. The van der Waals surface area contributed by atoms with Crippen LogP contribution in [0.3, 0.4) is 0 Å². The Hall–Kier alpha value is -0.340. The van der Waals surface area contributed by atoms with Crippen LogP contribution in [-0.4, -0.2) is 22.4 Å². The van der Waals surface area contributed by atoms with Crippen molar-refractivity contribution in [2.24, 2.45) is 52.3 Å². The van der Waals surface area contributed by atoms with Crippen molar-refractivity contribution in [1.29, 1.82) is 0 Å². The molecule has 0 heterocycles. The van der Waals surface area contributed by atoms with Gasteiger partial charge in [0.15, 0.2) is 0 Å². The van der Waals surface area contributed by atoms with E-state index in [2.05, 4.69) is 47.6 Å².